The second kappa shape index (κ2) is 5.89. The second-order valence-corrected chi connectivity index (χ2v) is 4.50. The molecule has 0 saturated heterocycles. The van der Waals surface area contributed by atoms with Crippen molar-refractivity contribution in [1.29, 1.82) is 0 Å². The number of halogens is 2. The van der Waals surface area contributed by atoms with Gasteiger partial charge in [0.15, 0.2) is 0 Å². The van der Waals surface area contributed by atoms with E-state index in [1.165, 1.54) is 0 Å². The predicted octanol–water partition coefficient (Wildman–Crippen LogP) is 3.56. The Morgan fingerprint density at radius 2 is 1.93 bits per heavy atom. The van der Waals surface area contributed by atoms with Crippen LogP contribution in [0.25, 0.3) is 0 Å². The molecule has 0 aliphatic heterocycles. The van der Waals surface area contributed by atoms with E-state index in [0.29, 0.717) is 0 Å². The highest BCUT2D eigenvalue weighted by atomic mass is 19.1. The molecule has 0 aromatic rings. The lowest BCUT2D eigenvalue weighted by molar-refractivity contribution is 0.337. The molecule has 0 saturated carbocycles. The maximum Gasteiger partial charge on any atom is 0.140 e. The van der Waals surface area contributed by atoms with Crippen molar-refractivity contribution in [2.45, 2.75) is 33.9 Å². The number of alkyl halides is 1. The molecular weight excluding hydrogens is 184 g/mol. The minimum absolute atomic E-state index is 0.000833. The molecule has 0 heterocycles. The summed E-state index contributed by atoms with van der Waals surface area (Å²) in [6.45, 7) is 8.32. The van der Waals surface area contributed by atoms with Gasteiger partial charge in [-0.2, -0.15) is 0 Å². The van der Waals surface area contributed by atoms with Crippen LogP contribution in [-0.4, -0.2) is 18.9 Å². The smallest absolute Gasteiger partial charge is 0.140 e. The van der Waals surface area contributed by atoms with Crippen LogP contribution in [0, 0.1) is 11.3 Å². The van der Waals surface area contributed by atoms with E-state index in [0.717, 1.165) is 6.08 Å². The normalized spacial score (nSPS) is 17.9. The van der Waals surface area contributed by atoms with Crippen LogP contribution in [0.15, 0.2) is 17.4 Å². The van der Waals surface area contributed by atoms with Crippen molar-refractivity contribution in [1.82, 2.24) is 0 Å². The van der Waals surface area contributed by atoms with Gasteiger partial charge in [-0.1, -0.05) is 27.7 Å². The van der Waals surface area contributed by atoms with E-state index in [9.17, 15) is 8.78 Å². The standard InChI is InChI=1S/C11H19F2N/c1-9(11(2,3)4)7-14-8-10(13)5-6-12/h5-7,9-10H,8H2,1-4H3/b6-5+,14-7?/t9-,10?/m1/s1. The van der Waals surface area contributed by atoms with Crippen molar-refractivity contribution in [3.05, 3.63) is 12.4 Å². The van der Waals surface area contributed by atoms with Crippen LogP contribution in [0.4, 0.5) is 8.78 Å². The Kier molecular flexibility index (Phi) is 5.58. The van der Waals surface area contributed by atoms with Gasteiger partial charge < -0.3 is 0 Å². The summed E-state index contributed by atoms with van der Waals surface area (Å²) >= 11 is 0. The Labute approximate surface area is 84.9 Å². The summed E-state index contributed by atoms with van der Waals surface area (Å²) in [6, 6.07) is 0. The highest BCUT2D eigenvalue weighted by molar-refractivity contribution is 5.61. The quantitative estimate of drug-likeness (QED) is 0.619. The zero-order chi connectivity index (χ0) is 11.2. The first kappa shape index (κ1) is 13.3. The van der Waals surface area contributed by atoms with Crippen LogP contribution in [0.3, 0.4) is 0 Å². The van der Waals surface area contributed by atoms with Gasteiger partial charge >= 0.3 is 0 Å². The summed E-state index contributed by atoms with van der Waals surface area (Å²) in [5.74, 6) is 0.282. The third-order valence-electron chi connectivity index (χ3n) is 2.26. The minimum Gasteiger partial charge on any atom is -0.294 e. The fraction of sp³-hybridized carbons (Fsp3) is 0.727. The molecule has 0 aromatic carbocycles. The highest BCUT2D eigenvalue weighted by Gasteiger charge is 2.17. The Morgan fingerprint density at radius 3 is 2.36 bits per heavy atom. The van der Waals surface area contributed by atoms with Crippen LogP contribution in [0.5, 0.6) is 0 Å². The number of nitrogens with zero attached hydrogens (tertiary/aromatic N) is 1. The maximum atomic E-state index is 12.7. The van der Waals surface area contributed by atoms with Crippen LogP contribution in [0.1, 0.15) is 27.7 Å². The molecule has 1 nitrogen and oxygen atoms in total. The topological polar surface area (TPSA) is 12.4 Å². The molecule has 0 amide bonds. The number of hydrogen-bond donors (Lipinski definition) is 0. The molecule has 0 spiro atoms. The van der Waals surface area contributed by atoms with Crippen LogP contribution in [-0.2, 0) is 0 Å². The third-order valence-corrected chi connectivity index (χ3v) is 2.26. The lowest BCUT2D eigenvalue weighted by Gasteiger charge is -2.23. The third kappa shape index (κ3) is 5.84. The van der Waals surface area contributed by atoms with Crippen LogP contribution in [0.2, 0.25) is 0 Å². The highest BCUT2D eigenvalue weighted by Crippen LogP contribution is 2.23. The number of rotatable bonds is 4. The van der Waals surface area contributed by atoms with Crippen molar-refractivity contribution in [3.63, 3.8) is 0 Å². The van der Waals surface area contributed by atoms with Gasteiger partial charge in [0, 0.05) is 6.21 Å². The maximum absolute atomic E-state index is 12.7. The summed E-state index contributed by atoms with van der Waals surface area (Å²) < 4.78 is 24.3. The summed E-state index contributed by atoms with van der Waals surface area (Å²) in [6.07, 6.45) is 1.49. The molecule has 14 heavy (non-hydrogen) atoms. The molecule has 1 unspecified atom stereocenters. The van der Waals surface area contributed by atoms with Crippen LogP contribution >= 0.6 is 0 Å². The molecule has 82 valence electrons. The minimum atomic E-state index is -1.32. The van der Waals surface area contributed by atoms with E-state index in [1.54, 1.807) is 6.21 Å². The van der Waals surface area contributed by atoms with E-state index in [4.69, 9.17) is 0 Å². The zero-order valence-electron chi connectivity index (χ0n) is 9.30. The molecule has 0 N–H and O–H groups in total. The molecular formula is C11H19F2N. The summed E-state index contributed by atoms with van der Waals surface area (Å²) in [7, 11) is 0. The van der Waals surface area contributed by atoms with Gasteiger partial charge in [0.2, 0.25) is 0 Å². The lowest BCUT2D eigenvalue weighted by atomic mass is 9.83. The largest absolute Gasteiger partial charge is 0.294 e. The Bertz CT molecular complexity index is 204. The fourth-order valence-corrected chi connectivity index (χ4v) is 0.683. The van der Waals surface area contributed by atoms with Crippen LogP contribution < -0.4 is 0 Å². The molecule has 0 radical (unpaired) electrons. The van der Waals surface area contributed by atoms with Crippen molar-refractivity contribution in [2.75, 3.05) is 6.54 Å². The lowest BCUT2D eigenvalue weighted by Crippen LogP contribution is -2.18. The van der Waals surface area contributed by atoms with Gasteiger partial charge in [-0.3, -0.25) is 4.99 Å². The van der Waals surface area contributed by atoms with Gasteiger partial charge in [0.1, 0.15) is 6.17 Å². The van der Waals surface area contributed by atoms with Crippen molar-refractivity contribution in [3.8, 4) is 0 Å². The van der Waals surface area contributed by atoms with Gasteiger partial charge in [-0.15, -0.1) is 0 Å². The van der Waals surface area contributed by atoms with Crippen molar-refractivity contribution in [2.24, 2.45) is 16.3 Å². The van der Waals surface area contributed by atoms with E-state index in [-0.39, 0.29) is 24.2 Å². The molecule has 0 aromatic heterocycles. The Morgan fingerprint density at radius 1 is 1.36 bits per heavy atom. The van der Waals surface area contributed by atoms with Gasteiger partial charge in [0.25, 0.3) is 0 Å². The molecule has 0 bridgehead atoms. The molecule has 0 fully saturated rings. The molecule has 0 rings (SSSR count). The zero-order valence-corrected chi connectivity index (χ0v) is 9.30. The first-order chi connectivity index (χ1) is 6.38. The SMILES string of the molecule is C[C@H](C=NCC(F)/C=C/F)C(C)(C)C. The van der Waals surface area contributed by atoms with E-state index >= 15 is 0 Å². The predicted molar refractivity (Wildman–Crippen MR) is 57.1 cm³/mol. The van der Waals surface area contributed by atoms with Crippen molar-refractivity contribution < 1.29 is 8.78 Å². The van der Waals surface area contributed by atoms with Crippen molar-refractivity contribution >= 4 is 6.21 Å². The summed E-state index contributed by atoms with van der Waals surface area (Å²) in [4.78, 5) is 3.94. The van der Waals surface area contributed by atoms with E-state index in [1.807, 2.05) is 6.92 Å². The van der Waals surface area contributed by atoms with Gasteiger partial charge in [0.05, 0.1) is 12.9 Å². The van der Waals surface area contributed by atoms with E-state index in [2.05, 4.69) is 25.8 Å². The first-order valence-electron chi connectivity index (χ1n) is 4.79. The number of aliphatic imine (C=N–C) groups is 1. The molecule has 0 aliphatic carbocycles. The first-order valence-corrected chi connectivity index (χ1v) is 4.79. The Hall–Kier alpha value is -0.730. The Balaban J connectivity index is 3.95. The van der Waals surface area contributed by atoms with Gasteiger partial charge in [-0.25, -0.2) is 8.78 Å². The molecule has 2 atom stereocenters. The summed E-state index contributed by atoms with van der Waals surface area (Å²) in [5, 5.41) is 0. The molecule has 3 heteroatoms. The fourth-order valence-electron chi connectivity index (χ4n) is 0.683. The van der Waals surface area contributed by atoms with Gasteiger partial charge in [-0.05, 0) is 17.4 Å². The second-order valence-electron chi connectivity index (χ2n) is 4.50. The number of hydrogen-bond acceptors (Lipinski definition) is 1. The molecule has 0 aliphatic rings. The average Bonchev–Trinajstić information content (AvgIpc) is 2.02. The summed E-state index contributed by atoms with van der Waals surface area (Å²) in [5.41, 5.74) is 0.130. The van der Waals surface area contributed by atoms with E-state index < -0.39 is 6.17 Å². The monoisotopic (exact) mass is 203 g/mol. The average molecular weight is 203 g/mol.